The van der Waals surface area contributed by atoms with Crippen molar-refractivity contribution in [1.29, 1.82) is 0 Å². The quantitative estimate of drug-likeness (QED) is 0.606. The number of nitrogens with zero attached hydrogens (tertiary/aromatic N) is 2. The molecule has 0 spiro atoms. The minimum absolute atomic E-state index is 0.249. The third kappa shape index (κ3) is 4.03. The van der Waals surface area contributed by atoms with Crippen LogP contribution >= 0.6 is 23.8 Å². The van der Waals surface area contributed by atoms with Crippen molar-refractivity contribution < 1.29 is 4.39 Å². The Kier molecular flexibility index (Phi) is 5.54. The molecule has 134 valence electrons. The van der Waals surface area contributed by atoms with Crippen LogP contribution in [0.4, 0.5) is 15.8 Å². The first-order chi connectivity index (χ1) is 12.5. The molecule has 0 radical (unpaired) electrons. The predicted octanol–water partition coefficient (Wildman–Crippen LogP) is 5.15. The molecule has 26 heavy (non-hydrogen) atoms. The summed E-state index contributed by atoms with van der Waals surface area (Å²) >= 11 is 11.5. The van der Waals surface area contributed by atoms with E-state index in [1.54, 1.807) is 16.8 Å². The highest BCUT2D eigenvalue weighted by Crippen LogP contribution is 2.24. The first kappa shape index (κ1) is 18.4. The predicted molar refractivity (Wildman–Crippen MR) is 108 cm³/mol. The Morgan fingerprint density at radius 3 is 2.54 bits per heavy atom. The van der Waals surface area contributed by atoms with Gasteiger partial charge in [0.2, 0.25) is 0 Å². The standard InChI is InChI=1S/C19H18ClFN4S/c1-12-18(23-19(26)22-14-7-4-3-5-8-14)13(2)25(24-12)11-15-16(20)9-6-10-17(15)21/h3-10H,11H2,1-2H3,(H2,22,23,26). The zero-order valence-corrected chi connectivity index (χ0v) is 16.0. The number of aromatic nitrogens is 2. The molecular weight excluding hydrogens is 371 g/mol. The second-order valence-corrected chi connectivity index (χ2v) is 6.66. The monoisotopic (exact) mass is 388 g/mol. The van der Waals surface area contributed by atoms with Gasteiger partial charge >= 0.3 is 0 Å². The summed E-state index contributed by atoms with van der Waals surface area (Å²) in [4.78, 5) is 0. The molecule has 1 aromatic heterocycles. The molecule has 3 aromatic rings. The van der Waals surface area contributed by atoms with E-state index >= 15 is 0 Å². The van der Waals surface area contributed by atoms with Gasteiger partial charge in [0.1, 0.15) is 5.82 Å². The highest BCUT2D eigenvalue weighted by Gasteiger charge is 2.15. The van der Waals surface area contributed by atoms with Gasteiger partial charge in [0.25, 0.3) is 0 Å². The van der Waals surface area contributed by atoms with Crippen molar-refractivity contribution in [3.05, 3.63) is 76.3 Å². The van der Waals surface area contributed by atoms with Crippen LogP contribution in [0.2, 0.25) is 5.02 Å². The number of benzene rings is 2. The number of halogens is 2. The average Bonchev–Trinajstić information content (AvgIpc) is 2.86. The summed E-state index contributed by atoms with van der Waals surface area (Å²) in [7, 11) is 0. The topological polar surface area (TPSA) is 41.9 Å². The second kappa shape index (κ2) is 7.85. The molecule has 0 amide bonds. The lowest BCUT2D eigenvalue weighted by molar-refractivity contribution is 0.579. The number of para-hydroxylation sites is 1. The lowest BCUT2D eigenvalue weighted by Gasteiger charge is -2.11. The number of hydrogen-bond donors (Lipinski definition) is 2. The number of aryl methyl sites for hydroxylation is 1. The van der Waals surface area contributed by atoms with Crippen molar-refractivity contribution >= 4 is 40.3 Å². The van der Waals surface area contributed by atoms with E-state index in [1.165, 1.54) is 6.07 Å². The molecule has 0 atom stereocenters. The molecule has 2 aromatic carbocycles. The zero-order chi connectivity index (χ0) is 18.7. The normalized spacial score (nSPS) is 10.6. The fraction of sp³-hybridized carbons (Fsp3) is 0.158. The first-order valence-corrected chi connectivity index (χ1v) is 8.84. The number of nitrogens with one attached hydrogen (secondary N) is 2. The molecule has 3 rings (SSSR count). The molecule has 0 bridgehead atoms. The Balaban J connectivity index is 1.79. The van der Waals surface area contributed by atoms with Gasteiger partial charge in [-0.2, -0.15) is 5.10 Å². The van der Waals surface area contributed by atoms with Crippen LogP contribution in [0.1, 0.15) is 17.0 Å². The molecule has 0 aliphatic heterocycles. The molecule has 0 aliphatic rings. The maximum absolute atomic E-state index is 14.1. The Bertz CT molecular complexity index is 920. The number of anilines is 2. The Hall–Kier alpha value is -2.44. The SMILES string of the molecule is Cc1nn(Cc2c(F)cccc2Cl)c(C)c1NC(=S)Nc1ccccc1. The number of thiocarbonyl (C=S) groups is 1. The summed E-state index contributed by atoms with van der Waals surface area (Å²) in [5.74, 6) is -0.346. The van der Waals surface area contributed by atoms with Gasteiger partial charge in [0.05, 0.1) is 23.6 Å². The van der Waals surface area contributed by atoms with Crippen LogP contribution in [0.25, 0.3) is 0 Å². The van der Waals surface area contributed by atoms with Crippen molar-refractivity contribution in [2.45, 2.75) is 20.4 Å². The minimum Gasteiger partial charge on any atom is -0.332 e. The summed E-state index contributed by atoms with van der Waals surface area (Å²) in [5.41, 5.74) is 3.72. The van der Waals surface area contributed by atoms with Crippen LogP contribution in [0, 0.1) is 19.7 Å². The van der Waals surface area contributed by atoms with Crippen molar-refractivity contribution in [1.82, 2.24) is 9.78 Å². The van der Waals surface area contributed by atoms with E-state index in [9.17, 15) is 4.39 Å². The highest BCUT2D eigenvalue weighted by atomic mass is 35.5. The minimum atomic E-state index is -0.346. The van der Waals surface area contributed by atoms with Crippen molar-refractivity contribution in [2.75, 3.05) is 10.6 Å². The van der Waals surface area contributed by atoms with E-state index in [4.69, 9.17) is 23.8 Å². The molecule has 2 N–H and O–H groups in total. The Morgan fingerprint density at radius 2 is 1.85 bits per heavy atom. The average molecular weight is 389 g/mol. The van der Waals surface area contributed by atoms with Crippen molar-refractivity contribution in [2.24, 2.45) is 0 Å². The molecule has 1 heterocycles. The van der Waals surface area contributed by atoms with Crippen LogP contribution in [-0.4, -0.2) is 14.9 Å². The fourth-order valence-electron chi connectivity index (χ4n) is 2.66. The molecule has 0 aliphatic carbocycles. The van der Waals surface area contributed by atoms with E-state index in [1.807, 2.05) is 44.2 Å². The number of rotatable bonds is 4. The lowest BCUT2D eigenvalue weighted by atomic mass is 10.2. The molecule has 0 saturated carbocycles. The Labute approximate surface area is 162 Å². The lowest BCUT2D eigenvalue weighted by Crippen LogP contribution is -2.20. The second-order valence-electron chi connectivity index (χ2n) is 5.85. The molecule has 0 fully saturated rings. The Morgan fingerprint density at radius 1 is 1.12 bits per heavy atom. The van der Waals surface area contributed by atoms with Crippen LogP contribution in [0.15, 0.2) is 48.5 Å². The summed E-state index contributed by atoms with van der Waals surface area (Å²) < 4.78 is 15.8. The van der Waals surface area contributed by atoms with Crippen LogP contribution < -0.4 is 10.6 Å². The van der Waals surface area contributed by atoms with Crippen molar-refractivity contribution in [3.63, 3.8) is 0 Å². The zero-order valence-electron chi connectivity index (χ0n) is 14.4. The summed E-state index contributed by atoms with van der Waals surface area (Å²) in [6.07, 6.45) is 0. The third-order valence-electron chi connectivity index (χ3n) is 4.02. The maximum Gasteiger partial charge on any atom is 0.175 e. The van der Waals surface area contributed by atoms with Gasteiger partial charge in [-0.25, -0.2) is 4.39 Å². The van der Waals surface area contributed by atoms with E-state index in [0.717, 1.165) is 22.8 Å². The molecule has 0 saturated heterocycles. The molecule has 7 heteroatoms. The van der Waals surface area contributed by atoms with Gasteiger partial charge < -0.3 is 10.6 Å². The van der Waals surface area contributed by atoms with Gasteiger partial charge in [-0.3, -0.25) is 4.68 Å². The van der Waals surface area contributed by atoms with E-state index in [2.05, 4.69) is 15.7 Å². The van der Waals surface area contributed by atoms with E-state index in [-0.39, 0.29) is 12.4 Å². The van der Waals surface area contributed by atoms with Crippen LogP contribution in [0.3, 0.4) is 0 Å². The summed E-state index contributed by atoms with van der Waals surface area (Å²) in [6, 6.07) is 14.3. The van der Waals surface area contributed by atoms with Gasteiger partial charge in [0, 0.05) is 16.3 Å². The molecule has 0 unspecified atom stereocenters. The largest absolute Gasteiger partial charge is 0.332 e. The number of hydrogen-bond acceptors (Lipinski definition) is 2. The molecular formula is C19H18ClFN4S. The summed E-state index contributed by atoms with van der Waals surface area (Å²) in [6.45, 7) is 4.03. The van der Waals surface area contributed by atoms with Crippen LogP contribution in [-0.2, 0) is 6.54 Å². The molecule has 4 nitrogen and oxygen atoms in total. The summed E-state index contributed by atoms with van der Waals surface area (Å²) in [5, 5.41) is 11.6. The van der Waals surface area contributed by atoms with E-state index in [0.29, 0.717) is 15.7 Å². The van der Waals surface area contributed by atoms with Gasteiger partial charge in [-0.15, -0.1) is 0 Å². The maximum atomic E-state index is 14.1. The smallest absolute Gasteiger partial charge is 0.175 e. The van der Waals surface area contributed by atoms with E-state index < -0.39 is 0 Å². The van der Waals surface area contributed by atoms with Crippen molar-refractivity contribution in [3.8, 4) is 0 Å². The van der Waals surface area contributed by atoms with Gasteiger partial charge in [-0.05, 0) is 50.3 Å². The first-order valence-electron chi connectivity index (χ1n) is 8.05. The highest BCUT2D eigenvalue weighted by molar-refractivity contribution is 7.80. The van der Waals surface area contributed by atoms with Gasteiger partial charge in [-0.1, -0.05) is 35.9 Å². The van der Waals surface area contributed by atoms with Crippen LogP contribution in [0.5, 0.6) is 0 Å². The third-order valence-corrected chi connectivity index (χ3v) is 4.58. The van der Waals surface area contributed by atoms with Gasteiger partial charge in [0.15, 0.2) is 5.11 Å². The fourth-order valence-corrected chi connectivity index (χ4v) is 3.10.